The van der Waals surface area contributed by atoms with Crippen LogP contribution in [0.2, 0.25) is 0 Å². The molecule has 7 heteroatoms. The molecule has 1 aromatic rings. The summed E-state index contributed by atoms with van der Waals surface area (Å²) in [5.41, 5.74) is 1.30. The van der Waals surface area contributed by atoms with Gasteiger partial charge in [0.25, 0.3) is 0 Å². The fraction of sp³-hybridized carbons (Fsp3) is 0.211. The molecule has 1 aliphatic heterocycles. The van der Waals surface area contributed by atoms with Crippen LogP contribution in [0.15, 0.2) is 47.8 Å². The van der Waals surface area contributed by atoms with Crippen molar-refractivity contribution in [1.82, 2.24) is 0 Å². The molecule has 0 radical (unpaired) electrons. The second-order valence-corrected chi connectivity index (χ2v) is 5.22. The average molecular weight is 354 g/mol. The summed E-state index contributed by atoms with van der Waals surface area (Å²) in [5.74, 6) is -0.907. The number of methoxy groups -OCH3 is 3. The number of benzene rings is 1. The van der Waals surface area contributed by atoms with Crippen molar-refractivity contribution in [3.8, 4) is 11.8 Å². The number of esters is 2. The van der Waals surface area contributed by atoms with E-state index in [-0.39, 0.29) is 11.3 Å². The predicted molar refractivity (Wildman–Crippen MR) is 94.3 cm³/mol. The first-order valence-corrected chi connectivity index (χ1v) is 7.62. The molecule has 134 valence electrons. The first kappa shape index (κ1) is 18.8. The Kier molecular flexibility index (Phi) is 5.81. The fourth-order valence-corrected chi connectivity index (χ4v) is 2.64. The molecule has 1 aromatic carbocycles. The van der Waals surface area contributed by atoms with Crippen LogP contribution in [0.1, 0.15) is 11.1 Å². The number of carbonyl (C=O) groups is 2. The molecule has 0 aliphatic carbocycles. The molecule has 0 amide bonds. The third kappa shape index (κ3) is 3.30. The van der Waals surface area contributed by atoms with Gasteiger partial charge in [-0.1, -0.05) is 6.08 Å². The van der Waals surface area contributed by atoms with Crippen LogP contribution < -0.4 is 9.64 Å². The minimum atomic E-state index is -0.743. The van der Waals surface area contributed by atoms with E-state index in [9.17, 15) is 14.9 Å². The van der Waals surface area contributed by atoms with Crippen molar-refractivity contribution >= 4 is 17.6 Å². The Morgan fingerprint density at radius 1 is 1.08 bits per heavy atom. The highest BCUT2D eigenvalue weighted by Gasteiger charge is 2.30. The van der Waals surface area contributed by atoms with E-state index < -0.39 is 11.9 Å². The Balaban J connectivity index is 2.84. The highest BCUT2D eigenvalue weighted by Crippen LogP contribution is 2.36. The van der Waals surface area contributed by atoms with Gasteiger partial charge in [0, 0.05) is 11.8 Å². The fourth-order valence-electron chi connectivity index (χ4n) is 2.64. The molecule has 0 atom stereocenters. The first-order valence-electron chi connectivity index (χ1n) is 7.62. The summed E-state index contributed by atoms with van der Waals surface area (Å²) in [6.45, 7) is 1.76. The normalized spacial score (nSPS) is 13.1. The van der Waals surface area contributed by atoms with Crippen LogP contribution in [0.4, 0.5) is 5.69 Å². The Bertz CT molecular complexity index is 875. The molecule has 7 nitrogen and oxygen atoms in total. The van der Waals surface area contributed by atoms with Crippen molar-refractivity contribution in [3.63, 3.8) is 0 Å². The standard InChI is InChI=1S/C19H18N2O5/c1-12-15(24-2)9-8-13(11-20)16(12)21-10-6-5-7-14(18(22)25-3)17(21)19(23)26-4/h5-10H,1-4H3. The van der Waals surface area contributed by atoms with Crippen molar-refractivity contribution in [2.75, 3.05) is 26.2 Å². The third-order valence-corrected chi connectivity index (χ3v) is 3.85. The topological polar surface area (TPSA) is 88.9 Å². The molecular weight excluding hydrogens is 336 g/mol. The first-order chi connectivity index (χ1) is 12.5. The van der Waals surface area contributed by atoms with Crippen LogP contribution in [0.3, 0.4) is 0 Å². The zero-order valence-corrected chi connectivity index (χ0v) is 14.9. The second kappa shape index (κ2) is 8.03. The Hall–Kier alpha value is -3.53. The smallest absolute Gasteiger partial charge is 0.355 e. The van der Waals surface area contributed by atoms with Gasteiger partial charge in [-0.05, 0) is 31.2 Å². The average Bonchev–Trinajstić information content (AvgIpc) is 2.89. The maximum absolute atomic E-state index is 12.5. The molecule has 0 aromatic heterocycles. The summed E-state index contributed by atoms with van der Waals surface area (Å²) in [6.07, 6.45) is 6.26. The number of carbonyl (C=O) groups excluding carboxylic acids is 2. The van der Waals surface area contributed by atoms with Gasteiger partial charge in [0.1, 0.15) is 17.5 Å². The van der Waals surface area contributed by atoms with E-state index in [0.29, 0.717) is 22.6 Å². The number of allylic oxidation sites excluding steroid dienone is 2. The molecule has 2 rings (SSSR count). The molecule has 1 heterocycles. The molecule has 1 aliphatic rings. The maximum atomic E-state index is 12.5. The molecular formula is C19H18N2O5. The number of hydrogen-bond donors (Lipinski definition) is 0. The minimum Gasteiger partial charge on any atom is -0.496 e. The molecule has 0 unspecified atom stereocenters. The van der Waals surface area contributed by atoms with Crippen LogP contribution in [0.25, 0.3) is 0 Å². The Morgan fingerprint density at radius 3 is 2.35 bits per heavy atom. The number of ether oxygens (including phenoxy) is 3. The van der Waals surface area contributed by atoms with Crippen LogP contribution in [0, 0.1) is 18.3 Å². The summed E-state index contributed by atoms with van der Waals surface area (Å²) in [6, 6.07) is 5.35. The molecule has 0 saturated heterocycles. The van der Waals surface area contributed by atoms with Crippen molar-refractivity contribution in [3.05, 3.63) is 59.0 Å². The van der Waals surface area contributed by atoms with Crippen LogP contribution >= 0.6 is 0 Å². The van der Waals surface area contributed by atoms with E-state index >= 15 is 0 Å². The van der Waals surface area contributed by atoms with Crippen molar-refractivity contribution in [2.45, 2.75) is 6.92 Å². The zero-order valence-electron chi connectivity index (χ0n) is 14.9. The van der Waals surface area contributed by atoms with Crippen LogP contribution in [-0.2, 0) is 19.1 Å². The van der Waals surface area contributed by atoms with Gasteiger partial charge < -0.3 is 19.1 Å². The lowest BCUT2D eigenvalue weighted by molar-refractivity contribution is -0.139. The molecule has 26 heavy (non-hydrogen) atoms. The largest absolute Gasteiger partial charge is 0.496 e. The van der Waals surface area contributed by atoms with Gasteiger partial charge in [-0.2, -0.15) is 5.26 Å². The molecule has 0 fully saturated rings. The number of nitriles is 1. The van der Waals surface area contributed by atoms with E-state index in [1.54, 1.807) is 37.4 Å². The summed E-state index contributed by atoms with van der Waals surface area (Å²) >= 11 is 0. The van der Waals surface area contributed by atoms with E-state index in [4.69, 9.17) is 14.2 Å². The van der Waals surface area contributed by atoms with Gasteiger partial charge in [0.15, 0.2) is 0 Å². The van der Waals surface area contributed by atoms with Crippen LogP contribution in [-0.4, -0.2) is 33.3 Å². The predicted octanol–water partition coefficient (Wildman–Crippen LogP) is 2.37. The van der Waals surface area contributed by atoms with Gasteiger partial charge in [-0.15, -0.1) is 0 Å². The second-order valence-electron chi connectivity index (χ2n) is 5.22. The van der Waals surface area contributed by atoms with Gasteiger partial charge in [0.05, 0.1) is 38.2 Å². The van der Waals surface area contributed by atoms with Gasteiger partial charge in [-0.25, -0.2) is 9.59 Å². The van der Waals surface area contributed by atoms with Crippen molar-refractivity contribution in [1.29, 1.82) is 5.26 Å². The quantitative estimate of drug-likeness (QED) is 0.767. The SMILES string of the molecule is COC(=O)C1=C(C(=O)OC)N(c2c(C#N)ccc(OC)c2C)C=CC=C1. The summed E-state index contributed by atoms with van der Waals surface area (Å²) in [7, 11) is 3.94. The number of rotatable bonds is 4. The molecule has 0 bridgehead atoms. The summed E-state index contributed by atoms with van der Waals surface area (Å²) < 4.78 is 15.0. The lowest BCUT2D eigenvalue weighted by Crippen LogP contribution is -2.28. The highest BCUT2D eigenvalue weighted by molar-refractivity contribution is 6.05. The number of nitrogens with zero attached hydrogens (tertiary/aromatic N) is 2. The van der Waals surface area contributed by atoms with Gasteiger partial charge in [-0.3, -0.25) is 0 Å². The highest BCUT2D eigenvalue weighted by atomic mass is 16.5. The van der Waals surface area contributed by atoms with Gasteiger partial charge >= 0.3 is 11.9 Å². The molecule has 0 saturated carbocycles. The minimum absolute atomic E-state index is 0.00968. The molecule has 0 N–H and O–H groups in total. The molecule has 0 spiro atoms. The number of hydrogen-bond acceptors (Lipinski definition) is 7. The summed E-state index contributed by atoms with van der Waals surface area (Å²) in [5, 5.41) is 9.53. The Morgan fingerprint density at radius 2 is 1.77 bits per heavy atom. The third-order valence-electron chi connectivity index (χ3n) is 3.85. The van der Waals surface area contributed by atoms with E-state index in [2.05, 4.69) is 6.07 Å². The van der Waals surface area contributed by atoms with E-state index in [0.717, 1.165) is 0 Å². The lowest BCUT2D eigenvalue weighted by Gasteiger charge is -2.26. The summed E-state index contributed by atoms with van der Waals surface area (Å²) in [4.78, 5) is 26.1. The van der Waals surface area contributed by atoms with Crippen molar-refractivity contribution in [2.24, 2.45) is 0 Å². The van der Waals surface area contributed by atoms with Gasteiger partial charge in [0.2, 0.25) is 0 Å². The monoisotopic (exact) mass is 354 g/mol. The maximum Gasteiger partial charge on any atom is 0.355 e. The number of anilines is 1. The lowest BCUT2D eigenvalue weighted by atomic mass is 10.0. The Labute approximate surface area is 151 Å². The van der Waals surface area contributed by atoms with E-state index in [1.807, 2.05) is 0 Å². The van der Waals surface area contributed by atoms with Crippen LogP contribution in [0.5, 0.6) is 5.75 Å². The van der Waals surface area contributed by atoms with E-state index in [1.165, 1.54) is 32.3 Å². The zero-order chi connectivity index (χ0) is 19.3. The van der Waals surface area contributed by atoms with Crippen molar-refractivity contribution < 1.29 is 23.8 Å².